The summed E-state index contributed by atoms with van der Waals surface area (Å²) in [5, 5.41) is 0. The molecule has 1 aromatic heterocycles. The summed E-state index contributed by atoms with van der Waals surface area (Å²) in [6.45, 7) is 4.24. The molecule has 172 valence electrons. The van der Waals surface area contributed by atoms with Crippen LogP contribution in [0, 0.1) is 0 Å². The predicted octanol–water partition coefficient (Wildman–Crippen LogP) is 3.26. The normalized spacial score (nSPS) is 17.4. The highest BCUT2D eigenvalue weighted by Crippen LogP contribution is 2.23. The van der Waals surface area contributed by atoms with Crippen molar-refractivity contribution in [1.82, 2.24) is 14.8 Å². The zero-order chi connectivity index (χ0) is 23.3. The SMILES string of the molecule is CC(C)N1C[C@@H](OCc2ccc(OC(F)(F)F)cc2)CN(C(=O)c2ccccn2)CC1=O. The van der Waals surface area contributed by atoms with E-state index < -0.39 is 12.5 Å². The minimum atomic E-state index is -4.76. The number of aromatic nitrogens is 1. The molecule has 0 unspecified atom stereocenters. The molecule has 0 saturated carbocycles. The summed E-state index contributed by atoms with van der Waals surface area (Å²) in [4.78, 5) is 32.7. The maximum absolute atomic E-state index is 12.9. The van der Waals surface area contributed by atoms with E-state index in [0.29, 0.717) is 5.56 Å². The third-order valence-electron chi connectivity index (χ3n) is 4.91. The third kappa shape index (κ3) is 6.43. The highest BCUT2D eigenvalue weighted by Gasteiger charge is 2.33. The van der Waals surface area contributed by atoms with Crippen LogP contribution in [0.3, 0.4) is 0 Å². The number of carbonyl (C=O) groups excluding carboxylic acids is 2. The van der Waals surface area contributed by atoms with E-state index in [9.17, 15) is 22.8 Å². The molecule has 1 saturated heterocycles. The first kappa shape index (κ1) is 23.5. The quantitative estimate of drug-likeness (QED) is 0.674. The van der Waals surface area contributed by atoms with E-state index in [2.05, 4.69) is 9.72 Å². The van der Waals surface area contributed by atoms with Gasteiger partial charge in [-0.1, -0.05) is 18.2 Å². The van der Waals surface area contributed by atoms with Crippen molar-refractivity contribution in [2.75, 3.05) is 19.6 Å². The topological polar surface area (TPSA) is 72.0 Å². The molecule has 3 rings (SSSR count). The van der Waals surface area contributed by atoms with Crippen LogP contribution < -0.4 is 4.74 Å². The zero-order valence-electron chi connectivity index (χ0n) is 17.7. The molecule has 32 heavy (non-hydrogen) atoms. The van der Waals surface area contributed by atoms with Crippen molar-refractivity contribution in [1.29, 1.82) is 0 Å². The first-order valence-corrected chi connectivity index (χ1v) is 10.1. The summed E-state index contributed by atoms with van der Waals surface area (Å²) >= 11 is 0. The molecule has 10 heteroatoms. The lowest BCUT2D eigenvalue weighted by Crippen LogP contribution is -2.42. The summed E-state index contributed by atoms with van der Waals surface area (Å²) < 4.78 is 46.8. The Bertz CT molecular complexity index is 920. The number of amides is 2. The number of ether oxygens (including phenoxy) is 2. The lowest BCUT2D eigenvalue weighted by molar-refractivity contribution is -0.274. The standard InChI is InChI=1S/C22H24F3N3O4/c1-15(2)28-12-18(31-14-16-6-8-17(9-7-16)32-22(23,24)25)11-27(13-20(28)29)21(30)19-5-3-4-10-26-19/h3-10,15,18H,11-14H2,1-2H3/t18-/m0/s1. The monoisotopic (exact) mass is 451 g/mol. The Morgan fingerprint density at radius 2 is 1.88 bits per heavy atom. The highest BCUT2D eigenvalue weighted by molar-refractivity contribution is 5.95. The molecule has 0 N–H and O–H groups in total. The van der Waals surface area contributed by atoms with Crippen LogP contribution in [0.25, 0.3) is 0 Å². The van der Waals surface area contributed by atoms with Gasteiger partial charge in [-0.3, -0.25) is 14.6 Å². The van der Waals surface area contributed by atoms with E-state index in [-0.39, 0.29) is 55.5 Å². The average molecular weight is 451 g/mol. The lowest BCUT2D eigenvalue weighted by Gasteiger charge is -2.27. The van der Waals surface area contributed by atoms with Gasteiger partial charge >= 0.3 is 6.36 Å². The van der Waals surface area contributed by atoms with Gasteiger partial charge in [0.25, 0.3) is 5.91 Å². The number of nitrogens with zero attached hydrogens (tertiary/aromatic N) is 3. The summed E-state index contributed by atoms with van der Waals surface area (Å²) in [6, 6.07) is 10.2. The highest BCUT2D eigenvalue weighted by atomic mass is 19.4. The molecule has 1 atom stereocenters. The van der Waals surface area contributed by atoms with Gasteiger partial charge in [0.2, 0.25) is 5.91 Å². The van der Waals surface area contributed by atoms with Crippen LogP contribution in [0.1, 0.15) is 29.9 Å². The zero-order valence-corrected chi connectivity index (χ0v) is 17.7. The summed E-state index contributed by atoms with van der Waals surface area (Å²) in [5.74, 6) is -0.879. The third-order valence-corrected chi connectivity index (χ3v) is 4.91. The van der Waals surface area contributed by atoms with Gasteiger partial charge < -0.3 is 19.3 Å². The van der Waals surface area contributed by atoms with E-state index in [0.717, 1.165) is 0 Å². The molecule has 0 spiro atoms. The van der Waals surface area contributed by atoms with Gasteiger partial charge in [0.15, 0.2) is 0 Å². The van der Waals surface area contributed by atoms with Crippen molar-refractivity contribution in [3.8, 4) is 5.75 Å². The van der Waals surface area contributed by atoms with Gasteiger partial charge in [-0.15, -0.1) is 13.2 Å². The van der Waals surface area contributed by atoms with E-state index >= 15 is 0 Å². The molecule has 0 radical (unpaired) electrons. The molecule has 1 aliphatic rings. The first-order chi connectivity index (χ1) is 15.1. The molecular weight excluding hydrogens is 427 g/mol. The molecule has 2 amide bonds. The molecule has 0 aliphatic carbocycles. The van der Waals surface area contributed by atoms with Crippen molar-refractivity contribution >= 4 is 11.8 Å². The minimum Gasteiger partial charge on any atom is -0.406 e. The van der Waals surface area contributed by atoms with Crippen molar-refractivity contribution in [2.45, 2.75) is 39.0 Å². The Morgan fingerprint density at radius 1 is 1.16 bits per heavy atom. The molecule has 7 nitrogen and oxygen atoms in total. The largest absolute Gasteiger partial charge is 0.573 e. The number of hydrogen-bond donors (Lipinski definition) is 0. The van der Waals surface area contributed by atoms with E-state index in [1.54, 1.807) is 23.1 Å². The molecule has 0 bridgehead atoms. The van der Waals surface area contributed by atoms with E-state index in [4.69, 9.17) is 4.74 Å². The van der Waals surface area contributed by atoms with Gasteiger partial charge in [-0.25, -0.2) is 0 Å². The fraction of sp³-hybridized carbons (Fsp3) is 0.409. The Hall–Kier alpha value is -3.14. The molecular formula is C22H24F3N3O4. The summed E-state index contributed by atoms with van der Waals surface area (Å²) in [5.41, 5.74) is 0.867. The second-order valence-electron chi connectivity index (χ2n) is 7.67. The number of halogens is 3. The van der Waals surface area contributed by atoms with Gasteiger partial charge in [-0.2, -0.15) is 0 Å². The number of carbonyl (C=O) groups is 2. The van der Waals surface area contributed by atoms with Gasteiger partial charge in [0.1, 0.15) is 18.0 Å². The van der Waals surface area contributed by atoms with Crippen LogP contribution in [-0.4, -0.2) is 64.7 Å². The minimum absolute atomic E-state index is 0.0858. The molecule has 1 aromatic carbocycles. The Kier molecular flexibility index (Phi) is 7.34. The molecule has 1 aliphatic heterocycles. The van der Waals surface area contributed by atoms with Gasteiger partial charge in [0, 0.05) is 25.3 Å². The van der Waals surface area contributed by atoms with Crippen LogP contribution in [0.4, 0.5) is 13.2 Å². The average Bonchev–Trinajstić information content (AvgIpc) is 2.91. The van der Waals surface area contributed by atoms with E-state index in [1.807, 2.05) is 13.8 Å². The molecule has 1 fully saturated rings. The van der Waals surface area contributed by atoms with Crippen molar-refractivity contribution < 1.29 is 32.2 Å². The number of hydrogen-bond acceptors (Lipinski definition) is 5. The van der Waals surface area contributed by atoms with Crippen molar-refractivity contribution in [3.63, 3.8) is 0 Å². The van der Waals surface area contributed by atoms with Gasteiger partial charge in [0.05, 0.1) is 12.7 Å². The molecule has 2 aromatic rings. The van der Waals surface area contributed by atoms with Crippen LogP contribution in [0.5, 0.6) is 5.75 Å². The van der Waals surface area contributed by atoms with Crippen molar-refractivity contribution in [2.24, 2.45) is 0 Å². The molecule has 2 heterocycles. The van der Waals surface area contributed by atoms with Crippen LogP contribution in [0.2, 0.25) is 0 Å². The second-order valence-corrected chi connectivity index (χ2v) is 7.67. The number of pyridine rings is 1. The number of rotatable bonds is 6. The van der Waals surface area contributed by atoms with Crippen LogP contribution in [-0.2, 0) is 16.1 Å². The second kappa shape index (κ2) is 9.99. The smallest absolute Gasteiger partial charge is 0.406 e. The maximum atomic E-state index is 12.9. The van der Waals surface area contributed by atoms with Crippen LogP contribution in [0.15, 0.2) is 48.7 Å². The predicted molar refractivity (Wildman–Crippen MR) is 109 cm³/mol. The Morgan fingerprint density at radius 3 is 2.47 bits per heavy atom. The first-order valence-electron chi connectivity index (χ1n) is 10.1. The maximum Gasteiger partial charge on any atom is 0.573 e. The van der Waals surface area contributed by atoms with E-state index in [1.165, 1.54) is 35.4 Å². The van der Waals surface area contributed by atoms with Crippen molar-refractivity contribution in [3.05, 3.63) is 59.9 Å². The summed E-state index contributed by atoms with van der Waals surface area (Å²) in [7, 11) is 0. The number of alkyl halides is 3. The Labute approximate surface area is 183 Å². The Balaban J connectivity index is 1.70. The lowest BCUT2D eigenvalue weighted by atomic mass is 10.2. The number of benzene rings is 1. The fourth-order valence-electron chi connectivity index (χ4n) is 3.36. The van der Waals surface area contributed by atoms with Gasteiger partial charge in [-0.05, 0) is 43.7 Å². The van der Waals surface area contributed by atoms with Crippen LogP contribution >= 0.6 is 0 Å². The summed E-state index contributed by atoms with van der Waals surface area (Å²) in [6.07, 6.45) is -3.73. The fourth-order valence-corrected chi connectivity index (χ4v) is 3.36.